The summed E-state index contributed by atoms with van der Waals surface area (Å²) in [6, 6.07) is 5.31. The molecule has 0 aliphatic carbocycles. The van der Waals surface area contributed by atoms with Crippen molar-refractivity contribution >= 4 is 27.7 Å². The van der Waals surface area contributed by atoms with E-state index in [2.05, 4.69) is 21.2 Å². The molecule has 5 heteroatoms. The summed E-state index contributed by atoms with van der Waals surface area (Å²) in [5.41, 5.74) is 0.0914. The van der Waals surface area contributed by atoms with Crippen LogP contribution in [0.4, 0.5) is 10.5 Å². The van der Waals surface area contributed by atoms with E-state index in [0.29, 0.717) is 11.4 Å². The van der Waals surface area contributed by atoms with Crippen molar-refractivity contribution in [1.29, 1.82) is 0 Å². The zero-order valence-electron chi connectivity index (χ0n) is 10.3. The standard InChI is InChI=1S/C12H16BrNO3/c1-12(2,3)17-11(15)14-10-7-8(16-4)5-6-9(10)13/h5-7H,1-4H3,(H,14,15). The Morgan fingerprint density at radius 3 is 2.53 bits per heavy atom. The van der Waals surface area contributed by atoms with Gasteiger partial charge in [-0.05, 0) is 48.8 Å². The van der Waals surface area contributed by atoms with Gasteiger partial charge >= 0.3 is 6.09 Å². The molecule has 94 valence electrons. The molecule has 1 N–H and O–H groups in total. The normalized spacial score (nSPS) is 10.9. The fraction of sp³-hybridized carbons (Fsp3) is 0.417. The molecule has 0 atom stereocenters. The third kappa shape index (κ3) is 4.65. The smallest absolute Gasteiger partial charge is 0.412 e. The highest BCUT2D eigenvalue weighted by Gasteiger charge is 2.17. The number of anilines is 1. The van der Waals surface area contributed by atoms with Gasteiger partial charge in [0.1, 0.15) is 11.4 Å². The summed E-state index contributed by atoms with van der Waals surface area (Å²) in [4.78, 5) is 11.6. The van der Waals surface area contributed by atoms with Gasteiger partial charge in [0.15, 0.2) is 0 Å². The van der Waals surface area contributed by atoms with Crippen LogP contribution in [0.25, 0.3) is 0 Å². The van der Waals surface area contributed by atoms with E-state index in [-0.39, 0.29) is 0 Å². The Morgan fingerprint density at radius 1 is 1.35 bits per heavy atom. The van der Waals surface area contributed by atoms with Crippen molar-refractivity contribution in [3.63, 3.8) is 0 Å². The number of nitrogens with one attached hydrogen (secondary N) is 1. The zero-order chi connectivity index (χ0) is 13.1. The van der Waals surface area contributed by atoms with Crippen LogP contribution in [0.15, 0.2) is 22.7 Å². The number of hydrogen-bond donors (Lipinski definition) is 1. The monoisotopic (exact) mass is 301 g/mol. The molecule has 0 saturated heterocycles. The first-order valence-corrected chi connectivity index (χ1v) is 5.94. The van der Waals surface area contributed by atoms with Crippen LogP contribution in [-0.4, -0.2) is 18.8 Å². The number of ether oxygens (including phenoxy) is 2. The minimum absolute atomic E-state index is 0.494. The molecule has 0 bridgehead atoms. The van der Waals surface area contributed by atoms with Crippen molar-refractivity contribution in [3.05, 3.63) is 22.7 Å². The van der Waals surface area contributed by atoms with Gasteiger partial charge in [0.05, 0.1) is 12.8 Å². The highest BCUT2D eigenvalue weighted by Crippen LogP contribution is 2.27. The molecule has 0 radical (unpaired) electrons. The molecule has 0 unspecified atom stereocenters. The Bertz CT molecular complexity index is 413. The van der Waals surface area contributed by atoms with Gasteiger partial charge in [0, 0.05) is 10.5 Å². The SMILES string of the molecule is COc1ccc(Br)c(NC(=O)OC(C)(C)C)c1. The lowest BCUT2D eigenvalue weighted by molar-refractivity contribution is 0.0636. The quantitative estimate of drug-likeness (QED) is 0.903. The van der Waals surface area contributed by atoms with Crippen molar-refractivity contribution in [2.45, 2.75) is 26.4 Å². The van der Waals surface area contributed by atoms with E-state index in [0.717, 1.165) is 4.47 Å². The third-order valence-corrected chi connectivity index (χ3v) is 2.50. The Kier molecular flexibility index (Phi) is 4.40. The molecular weight excluding hydrogens is 286 g/mol. The van der Waals surface area contributed by atoms with E-state index in [1.807, 2.05) is 20.8 Å². The fourth-order valence-corrected chi connectivity index (χ4v) is 1.49. The number of carbonyl (C=O) groups is 1. The van der Waals surface area contributed by atoms with Gasteiger partial charge in [-0.25, -0.2) is 4.79 Å². The molecular formula is C12H16BrNO3. The first-order chi connectivity index (χ1) is 7.81. The molecule has 0 aliphatic heterocycles. The lowest BCUT2D eigenvalue weighted by Crippen LogP contribution is -2.27. The Labute approximate surface area is 109 Å². The van der Waals surface area contributed by atoms with Gasteiger partial charge in [0.25, 0.3) is 0 Å². The number of rotatable bonds is 2. The number of benzene rings is 1. The molecule has 0 aliphatic rings. The molecule has 1 aromatic carbocycles. The van der Waals surface area contributed by atoms with Gasteiger partial charge in [-0.1, -0.05) is 0 Å². The second-order valence-corrected chi connectivity index (χ2v) is 5.33. The molecule has 0 fully saturated rings. The van der Waals surface area contributed by atoms with E-state index in [1.165, 1.54) is 0 Å². The van der Waals surface area contributed by atoms with Crippen LogP contribution in [0.5, 0.6) is 5.75 Å². The first-order valence-electron chi connectivity index (χ1n) is 5.15. The van der Waals surface area contributed by atoms with Crippen LogP contribution in [-0.2, 0) is 4.74 Å². The highest BCUT2D eigenvalue weighted by molar-refractivity contribution is 9.10. The summed E-state index contributed by atoms with van der Waals surface area (Å²) < 4.78 is 11.0. The lowest BCUT2D eigenvalue weighted by Gasteiger charge is -2.20. The number of carbonyl (C=O) groups excluding carboxylic acids is 1. The van der Waals surface area contributed by atoms with E-state index in [1.54, 1.807) is 25.3 Å². The highest BCUT2D eigenvalue weighted by atomic mass is 79.9. The largest absolute Gasteiger partial charge is 0.497 e. The van der Waals surface area contributed by atoms with Crippen molar-refractivity contribution < 1.29 is 14.3 Å². The van der Waals surface area contributed by atoms with Crippen LogP contribution in [0.1, 0.15) is 20.8 Å². The Hall–Kier alpha value is -1.23. The van der Waals surface area contributed by atoms with Gasteiger partial charge < -0.3 is 9.47 Å². The summed E-state index contributed by atoms with van der Waals surface area (Å²) >= 11 is 3.34. The molecule has 4 nitrogen and oxygen atoms in total. The molecule has 17 heavy (non-hydrogen) atoms. The van der Waals surface area contributed by atoms with Gasteiger partial charge in [-0.2, -0.15) is 0 Å². The summed E-state index contributed by atoms with van der Waals surface area (Å²) in [6.45, 7) is 5.44. The summed E-state index contributed by atoms with van der Waals surface area (Å²) in [5, 5.41) is 2.65. The van der Waals surface area contributed by atoms with Gasteiger partial charge in [-0.3, -0.25) is 5.32 Å². The maximum absolute atomic E-state index is 11.6. The average molecular weight is 302 g/mol. The average Bonchev–Trinajstić information content (AvgIpc) is 2.18. The summed E-state index contributed by atoms with van der Waals surface area (Å²) in [6.07, 6.45) is -0.494. The summed E-state index contributed by atoms with van der Waals surface area (Å²) in [5.74, 6) is 0.666. The third-order valence-electron chi connectivity index (χ3n) is 1.81. The number of hydrogen-bond acceptors (Lipinski definition) is 3. The van der Waals surface area contributed by atoms with Crippen LogP contribution in [0.3, 0.4) is 0 Å². The molecule has 0 spiro atoms. The van der Waals surface area contributed by atoms with E-state index in [9.17, 15) is 4.79 Å². The molecule has 0 heterocycles. The van der Waals surface area contributed by atoms with Crippen LogP contribution >= 0.6 is 15.9 Å². The lowest BCUT2D eigenvalue weighted by atomic mass is 10.2. The van der Waals surface area contributed by atoms with Gasteiger partial charge in [0.2, 0.25) is 0 Å². The number of amides is 1. The Balaban J connectivity index is 2.77. The zero-order valence-corrected chi connectivity index (χ0v) is 11.9. The van der Waals surface area contributed by atoms with Gasteiger partial charge in [-0.15, -0.1) is 0 Å². The van der Waals surface area contributed by atoms with E-state index >= 15 is 0 Å². The minimum Gasteiger partial charge on any atom is -0.497 e. The maximum atomic E-state index is 11.6. The van der Waals surface area contributed by atoms with E-state index in [4.69, 9.17) is 9.47 Å². The molecule has 0 aromatic heterocycles. The number of halogens is 1. The van der Waals surface area contributed by atoms with Crippen molar-refractivity contribution in [2.75, 3.05) is 12.4 Å². The second-order valence-electron chi connectivity index (χ2n) is 4.47. The number of methoxy groups -OCH3 is 1. The van der Waals surface area contributed by atoms with Crippen molar-refractivity contribution in [2.24, 2.45) is 0 Å². The maximum Gasteiger partial charge on any atom is 0.412 e. The van der Waals surface area contributed by atoms with Crippen LogP contribution < -0.4 is 10.1 Å². The first kappa shape index (κ1) is 13.8. The van der Waals surface area contributed by atoms with Crippen molar-refractivity contribution in [1.82, 2.24) is 0 Å². The topological polar surface area (TPSA) is 47.6 Å². The van der Waals surface area contributed by atoms with Crippen molar-refractivity contribution in [3.8, 4) is 5.75 Å². The molecule has 1 aromatic rings. The van der Waals surface area contributed by atoms with E-state index < -0.39 is 11.7 Å². The Morgan fingerprint density at radius 2 is 2.00 bits per heavy atom. The predicted molar refractivity (Wildman–Crippen MR) is 70.6 cm³/mol. The molecule has 1 amide bonds. The second kappa shape index (κ2) is 5.40. The summed E-state index contributed by atoms with van der Waals surface area (Å²) in [7, 11) is 1.57. The molecule has 0 saturated carbocycles. The minimum atomic E-state index is -0.518. The molecule has 1 rings (SSSR count). The fourth-order valence-electron chi connectivity index (χ4n) is 1.14. The predicted octanol–water partition coefficient (Wildman–Crippen LogP) is 3.80. The van der Waals surface area contributed by atoms with Crippen LogP contribution in [0.2, 0.25) is 0 Å². The van der Waals surface area contributed by atoms with Crippen LogP contribution in [0, 0.1) is 0 Å².